The third-order valence-corrected chi connectivity index (χ3v) is 3.42. The highest BCUT2D eigenvalue weighted by Crippen LogP contribution is 2.22. The SMILES string of the molecule is CC1CCN(c2nnc(CNC(C)(C)C)o2)CC1O. The second-order valence-electron chi connectivity index (χ2n) is 6.36. The highest BCUT2D eigenvalue weighted by atomic mass is 16.4. The molecule has 1 aliphatic heterocycles. The number of hydrogen-bond donors (Lipinski definition) is 2. The number of nitrogens with zero attached hydrogens (tertiary/aromatic N) is 3. The maximum Gasteiger partial charge on any atom is 0.318 e. The van der Waals surface area contributed by atoms with Crippen LogP contribution in [0, 0.1) is 5.92 Å². The maximum atomic E-state index is 9.88. The summed E-state index contributed by atoms with van der Waals surface area (Å²) in [5.74, 6) is 0.916. The molecule has 0 amide bonds. The molecule has 19 heavy (non-hydrogen) atoms. The number of rotatable bonds is 3. The summed E-state index contributed by atoms with van der Waals surface area (Å²) in [7, 11) is 0. The van der Waals surface area contributed by atoms with Gasteiger partial charge >= 0.3 is 6.01 Å². The Morgan fingerprint density at radius 3 is 2.79 bits per heavy atom. The van der Waals surface area contributed by atoms with Crippen LogP contribution in [-0.2, 0) is 6.54 Å². The van der Waals surface area contributed by atoms with Gasteiger partial charge in [0.1, 0.15) is 0 Å². The summed E-state index contributed by atoms with van der Waals surface area (Å²) < 4.78 is 5.63. The van der Waals surface area contributed by atoms with Gasteiger partial charge in [-0.25, -0.2) is 0 Å². The molecule has 0 saturated carbocycles. The number of aromatic nitrogens is 2. The largest absolute Gasteiger partial charge is 0.407 e. The first-order valence-corrected chi connectivity index (χ1v) is 6.85. The molecule has 108 valence electrons. The van der Waals surface area contributed by atoms with Crippen LogP contribution in [-0.4, -0.2) is 40.0 Å². The number of nitrogens with one attached hydrogen (secondary N) is 1. The van der Waals surface area contributed by atoms with Gasteiger partial charge in [0, 0.05) is 18.6 Å². The smallest absolute Gasteiger partial charge is 0.318 e. The molecule has 0 aliphatic carbocycles. The Balaban J connectivity index is 1.93. The second-order valence-corrected chi connectivity index (χ2v) is 6.36. The van der Waals surface area contributed by atoms with E-state index in [0.717, 1.165) is 13.0 Å². The fourth-order valence-corrected chi connectivity index (χ4v) is 2.01. The minimum atomic E-state index is -0.322. The van der Waals surface area contributed by atoms with Crippen LogP contribution in [0.4, 0.5) is 6.01 Å². The molecule has 1 aromatic rings. The molecule has 1 fully saturated rings. The molecular formula is C13H24N4O2. The summed E-state index contributed by atoms with van der Waals surface area (Å²) in [6.07, 6.45) is 0.621. The fraction of sp³-hybridized carbons (Fsp3) is 0.846. The van der Waals surface area contributed by atoms with E-state index in [4.69, 9.17) is 4.42 Å². The van der Waals surface area contributed by atoms with Crippen molar-refractivity contribution in [1.29, 1.82) is 0 Å². The minimum Gasteiger partial charge on any atom is -0.407 e. The van der Waals surface area contributed by atoms with Crippen LogP contribution in [0.15, 0.2) is 4.42 Å². The first kappa shape index (κ1) is 14.3. The Morgan fingerprint density at radius 2 is 2.16 bits per heavy atom. The molecule has 2 atom stereocenters. The van der Waals surface area contributed by atoms with Crippen LogP contribution in [0.1, 0.15) is 40.0 Å². The monoisotopic (exact) mass is 268 g/mol. The average molecular weight is 268 g/mol. The molecule has 0 spiro atoms. The standard InChI is InChI=1S/C13H24N4O2/c1-9-5-6-17(8-10(9)18)12-16-15-11(19-12)7-14-13(2,3)4/h9-10,14,18H,5-8H2,1-4H3. The normalized spacial score (nSPS) is 24.8. The first-order valence-electron chi connectivity index (χ1n) is 6.85. The van der Waals surface area contributed by atoms with Gasteiger partial charge in [-0.3, -0.25) is 0 Å². The number of hydrogen-bond acceptors (Lipinski definition) is 6. The first-order chi connectivity index (χ1) is 8.85. The van der Waals surface area contributed by atoms with E-state index in [-0.39, 0.29) is 11.6 Å². The lowest BCUT2D eigenvalue weighted by Gasteiger charge is -2.32. The number of β-amino-alcohol motifs (C(OH)–C–C–N with tert-alkyl or cyclic N) is 1. The van der Waals surface area contributed by atoms with Gasteiger partial charge in [0.2, 0.25) is 5.89 Å². The molecular weight excluding hydrogens is 244 g/mol. The number of aliphatic hydroxyl groups is 1. The van der Waals surface area contributed by atoms with Crippen molar-refractivity contribution in [2.45, 2.75) is 52.3 Å². The Kier molecular flexibility index (Phi) is 4.10. The Labute approximate surface area is 114 Å². The van der Waals surface area contributed by atoms with Gasteiger partial charge in [0.15, 0.2) is 0 Å². The molecule has 1 aromatic heterocycles. The van der Waals surface area contributed by atoms with Gasteiger partial charge in [0.05, 0.1) is 12.6 Å². The maximum absolute atomic E-state index is 9.88. The summed E-state index contributed by atoms with van der Waals surface area (Å²) in [5.41, 5.74) is 0.0192. The van der Waals surface area contributed by atoms with Gasteiger partial charge in [-0.05, 0) is 33.1 Å². The third-order valence-electron chi connectivity index (χ3n) is 3.42. The molecule has 0 radical (unpaired) electrons. The van der Waals surface area contributed by atoms with Crippen molar-refractivity contribution in [2.75, 3.05) is 18.0 Å². The van der Waals surface area contributed by atoms with E-state index in [9.17, 15) is 5.11 Å². The van der Waals surface area contributed by atoms with Crippen LogP contribution < -0.4 is 10.2 Å². The van der Waals surface area contributed by atoms with Crippen molar-refractivity contribution in [3.8, 4) is 0 Å². The molecule has 2 unspecified atom stereocenters. The molecule has 6 nitrogen and oxygen atoms in total. The molecule has 2 N–H and O–H groups in total. The highest BCUT2D eigenvalue weighted by Gasteiger charge is 2.27. The summed E-state index contributed by atoms with van der Waals surface area (Å²) in [5, 5.41) is 21.3. The topological polar surface area (TPSA) is 74.4 Å². The molecule has 2 heterocycles. The van der Waals surface area contributed by atoms with Crippen molar-refractivity contribution in [3.05, 3.63) is 5.89 Å². The zero-order valence-electron chi connectivity index (χ0n) is 12.2. The lowest BCUT2D eigenvalue weighted by Crippen LogP contribution is -2.43. The summed E-state index contributed by atoms with van der Waals surface area (Å²) in [6, 6.07) is 0.511. The molecule has 1 aliphatic rings. The van der Waals surface area contributed by atoms with Crippen molar-refractivity contribution in [3.63, 3.8) is 0 Å². The van der Waals surface area contributed by atoms with E-state index in [1.165, 1.54) is 0 Å². The van der Waals surface area contributed by atoms with Gasteiger partial charge < -0.3 is 19.7 Å². The van der Waals surface area contributed by atoms with E-state index in [1.807, 2.05) is 4.90 Å². The van der Waals surface area contributed by atoms with Crippen molar-refractivity contribution in [1.82, 2.24) is 15.5 Å². The number of aliphatic hydroxyl groups excluding tert-OH is 1. The van der Waals surface area contributed by atoms with Gasteiger partial charge in [-0.2, -0.15) is 0 Å². The van der Waals surface area contributed by atoms with Crippen molar-refractivity contribution in [2.24, 2.45) is 5.92 Å². The number of anilines is 1. The summed E-state index contributed by atoms with van der Waals surface area (Å²) in [6.45, 7) is 10.3. The van der Waals surface area contributed by atoms with Gasteiger partial charge in [0.25, 0.3) is 0 Å². The molecule has 1 saturated heterocycles. The predicted molar refractivity (Wildman–Crippen MR) is 72.9 cm³/mol. The lowest BCUT2D eigenvalue weighted by atomic mass is 9.96. The van der Waals surface area contributed by atoms with Crippen LogP contribution in [0.2, 0.25) is 0 Å². The predicted octanol–water partition coefficient (Wildman–Crippen LogP) is 1.16. The molecule has 0 bridgehead atoms. The zero-order valence-corrected chi connectivity index (χ0v) is 12.2. The Hall–Kier alpha value is -1.14. The van der Waals surface area contributed by atoms with Gasteiger partial charge in [-0.1, -0.05) is 12.0 Å². The molecule has 0 aromatic carbocycles. The minimum absolute atomic E-state index is 0.0192. The second kappa shape index (κ2) is 5.46. The van der Waals surface area contributed by atoms with Gasteiger partial charge in [-0.15, -0.1) is 5.10 Å². The molecule has 6 heteroatoms. The quantitative estimate of drug-likeness (QED) is 0.857. The van der Waals surface area contributed by atoms with Crippen molar-refractivity contribution >= 4 is 6.01 Å². The Morgan fingerprint density at radius 1 is 1.42 bits per heavy atom. The molecule has 2 rings (SSSR count). The highest BCUT2D eigenvalue weighted by molar-refractivity contribution is 5.25. The van der Waals surface area contributed by atoms with E-state index in [1.54, 1.807) is 0 Å². The van der Waals surface area contributed by atoms with Crippen molar-refractivity contribution < 1.29 is 9.52 Å². The fourth-order valence-electron chi connectivity index (χ4n) is 2.01. The van der Waals surface area contributed by atoms with Crippen LogP contribution in [0.3, 0.4) is 0 Å². The van der Waals surface area contributed by atoms with E-state index >= 15 is 0 Å². The Bertz CT molecular complexity index is 413. The third kappa shape index (κ3) is 3.91. The number of piperidine rings is 1. The van der Waals surface area contributed by atoms with Crippen LogP contribution >= 0.6 is 0 Å². The van der Waals surface area contributed by atoms with E-state index < -0.39 is 0 Å². The van der Waals surface area contributed by atoms with E-state index in [2.05, 4.69) is 43.2 Å². The van der Waals surface area contributed by atoms with E-state index in [0.29, 0.717) is 30.9 Å². The summed E-state index contributed by atoms with van der Waals surface area (Å²) >= 11 is 0. The zero-order chi connectivity index (χ0) is 14.0. The van der Waals surface area contributed by atoms with Crippen LogP contribution in [0.5, 0.6) is 0 Å². The van der Waals surface area contributed by atoms with Crippen LogP contribution in [0.25, 0.3) is 0 Å². The summed E-state index contributed by atoms with van der Waals surface area (Å²) in [4.78, 5) is 1.96. The average Bonchev–Trinajstić information content (AvgIpc) is 2.78. The lowest BCUT2D eigenvalue weighted by molar-refractivity contribution is 0.101.